The van der Waals surface area contributed by atoms with Crippen LogP contribution in [0.4, 0.5) is 5.13 Å². The summed E-state index contributed by atoms with van der Waals surface area (Å²) >= 11 is 7.83. The van der Waals surface area contributed by atoms with Crippen LogP contribution in [0.1, 0.15) is 50.3 Å². The number of aromatic nitrogens is 2. The minimum absolute atomic E-state index is 0.340. The highest BCUT2D eigenvalue weighted by molar-refractivity contribution is 7.09. The summed E-state index contributed by atoms with van der Waals surface area (Å²) in [6.45, 7) is 0.952. The molecule has 2 fully saturated rings. The van der Waals surface area contributed by atoms with Gasteiger partial charge in [0.05, 0.1) is 0 Å². The number of nitrogens with zero attached hydrogens (tertiary/aromatic N) is 2. The third-order valence-corrected chi connectivity index (χ3v) is 4.98. The quantitative estimate of drug-likeness (QED) is 0.850. The van der Waals surface area contributed by atoms with Crippen LogP contribution in [0.3, 0.4) is 0 Å². The SMILES string of the molecule is ClC1CCCCC1CNc1nc(C2CC2)ns1. The lowest BCUT2D eigenvalue weighted by molar-refractivity contribution is 0.380. The van der Waals surface area contributed by atoms with E-state index < -0.39 is 0 Å². The van der Waals surface area contributed by atoms with Crippen LogP contribution in [0, 0.1) is 5.92 Å². The number of rotatable bonds is 4. The molecule has 0 amide bonds. The van der Waals surface area contributed by atoms with Crippen LogP contribution < -0.4 is 5.32 Å². The molecule has 1 aromatic rings. The van der Waals surface area contributed by atoms with Crippen molar-refractivity contribution in [2.75, 3.05) is 11.9 Å². The van der Waals surface area contributed by atoms with Crippen LogP contribution >= 0.6 is 23.1 Å². The molecular formula is C12H18ClN3S. The van der Waals surface area contributed by atoms with Crippen molar-refractivity contribution in [2.45, 2.75) is 49.8 Å². The average Bonchev–Trinajstić information content (AvgIpc) is 3.08. The third-order valence-electron chi connectivity index (χ3n) is 3.72. The van der Waals surface area contributed by atoms with Gasteiger partial charge in [0.1, 0.15) is 5.82 Å². The van der Waals surface area contributed by atoms with Crippen molar-refractivity contribution in [1.29, 1.82) is 0 Å². The van der Waals surface area contributed by atoms with Crippen molar-refractivity contribution in [3.05, 3.63) is 5.82 Å². The summed E-state index contributed by atoms with van der Waals surface area (Å²) in [5.74, 6) is 2.29. The van der Waals surface area contributed by atoms with E-state index in [1.807, 2.05) is 0 Å². The second-order valence-electron chi connectivity index (χ2n) is 5.17. The minimum atomic E-state index is 0.340. The Morgan fingerprint density at radius 1 is 1.24 bits per heavy atom. The number of alkyl halides is 1. The summed E-state index contributed by atoms with van der Waals surface area (Å²) in [7, 11) is 0. The monoisotopic (exact) mass is 271 g/mol. The molecule has 3 rings (SSSR count). The zero-order chi connectivity index (χ0) is 11.7. The number of halogens is 1. The second kappa shape index (κ2) is 5.11. The Labute approximate surface area is 111 Å². The molecule has 0 saturated heterocycles. The molecule has 2 atom stereocenters. The molecule has 1 aromatic heterocycles. The van der Waals surface area contributed by atoms with Crippen molar-refractivity contribution in [2.24, 2.45) is 5.92 Å². The first kappa shape index (κ1) is 11.7. The van der Waals surface area contributed by atoms with Crippen LogP contribution in [0.15, 0.2) is 0 Å². The Balaban J connectivity index is 1.51. The molecule has 94 valence electrons. The lowest BCUT2D eigenvalue weighted by Gasteiger charge is -2.26. The lowest BCUT2D eigenvalue weighted by Crippen LogP contribution is -2.26. The molecule has 0 aliphatic heterocycles. The number of nitrogens with one attached hydrogen (secondary N) is 1. The molecule has 0 spiro atoms. The number of hydrogen-bond donors (Lipinski definition) is 1. The highest BCUT2D eigenvalue weighted by Gasteiger charge is 2.28. The summed E-state index contributed by atoms with van der Waals surface area (Å²) in [5, 5.41) is 4.72. The van der Waals surface area contributed by atoms with Gasteiger partial charge in [-0.1, -0.05) is 12.8 Å². The summed E-state index contributed by atoms with van der Waals surface area (Å²) in [6, 6.07) is 0. The van der Waals surface area contributed by atoms with Gasteiger partial charge in [-0.25, -0.2) is 4.98 Å². The fourth-order valence-corrected chi connectivity index (χ4v) is 3.45. The molecular weight excluding hydrogens is 254 g/mol. The molecule has 3 nitrogen and oxygen atoms in total. The summed E-state index contributed by atoms with van der Waals surface area (Å²) in [6.07, 6.45) is 7.55. The minimum Gasteiger partial charge on any atom is -0.360 e. The Bertz CT molecular complexity index is 378. The molecule has 5 heteroatoms. The molecule has 1 heterocycles. The zero-order valence-electron chi connectivity index (χ0n) is 9.86. The van der Waals surface area contributed by atoms with Crippen LogP contribution in [-0.4, -0.2) is 21.3 Å². The van der Waals surface area contributed by atoms with E-state index in [4.69, 9.17) is 11.6 Å². The first-order valence-corrected chi connectivity index (χ1v) is 7.75. The summed E-state index contributed by atoms with van der Waals surface area (Å²) in [4.78, 5) is 4.53. The summed E-state index contributed by atoms with van der Waals surface area (Å²) in [5.41, 5.74) is 0. The predicted molar refractivity (Wildman–Crippen MR) is 72.0 cm³/mol. The third kappa shape index (κ3) is 2.91. The van der Waals surface area contributed by atoms with Crippen LogP contribution in [0.25, 0.3) is 0 Å². The van der Waals surface area contributed by atoms with E-state index >= 15 is 0 Å². The molecule has 17 heavy (non-hydrogen) atoms. The molecule has 1 N–H and O–H groups in total. The van der Waals surface area contributed by atoms with Gasteiger partial charge in [0.15, 0.2) is 0 Å². The maximum atomic E-state index is 6.34. The zero-order valence-corrected chi connectivity index (χ0v) is 11.4. The molecule has 0 aromatic carbocycles. The van der Waals surface area contributed by atoms with Crippen molar-refractivity contribution < 1.29 is 0 Å². The highest BCUT2D eigenvalue weighted by Crippen LogP contribution is 2.39. The van der Waals surface area contributed by atoms with Crippen molar-refractivity contribution in [1.82, 2.24) is 9.36 Å². The normalized spacial score (nSPS) is 29.2. The van der Waals surface area contributed by atoms with Crippen LogP contribution in [-0.2, 0) is 0 Å². The lowest BCUT2D eigenvalue weighted by atomic mass is 9.89. The Hall–Kier alpha value is -0.350. The molecule has 2 aliphatic rings. The van der Waals surface area contributed by atoms with Gasteiger partial charge in [-0.05, 0) is 31.6 Å². The second-order valence-corrected chi connectivity index (χ2v) is 6.49. The predicted octanol–water partition coefficient (Wildman–Crippen LogP) is 3.63. The van der Waals surface area contributed by atoms with E-state index in [1.165, 1.54) is 43.6 Å². The van der Waals surface area contributed by atoms with Gasteiger partial charge >= 0.3 is 0 Å². The smallest absolute Gasteiger partial charge is 0.202 e. The van der Waals surface area contributed by atoms with E-state index in [-0.39, 0.29) is 0 Å². The maximum Gasteiger partial charge on any atom is 0.202 e. The average molecular weight is 272 g/mol. The topological polar surface area (TPSA) is 37.8 Å². The van der Waals surface area contributed by atoms with E-state index in [0.717, 1.165) is 23.9 Å². The first-order valence-electron chi connectivity index (χ1n) is 6.54. The fourth-order valence-electron chi connectivity index (χ4n) is 2.42. The van der Waals surface area contributed by atoms with Crippen LogP contribution in [0.2, 0.25) is 0 Å². The van der Waals surface area contributed by atoms with E-state index in [1.54, 1.807) is 0 Å². The Morgan fingerprint density at radius 2 is 2.06 bits per heavy atom. The Morgan fingerprint density at radius 3 is 2.82 bits per heavy atom. The Kier molecular flexibility index (Phi) is 3.52. The van der Waals surface area contributed by atoms with E-state index in [2.05, 4.69) is 14.7 Å². The van der Waals surface area contributed by atoms with Gasteiger partial charge < -0.3 is 5.32 Å². The van der Waals surface area contributed by atoms with Gasteiger partial charge in [0.2, 0.25) is 5.13 Å². The van der Waals surface area contributed by atoms with Gasteiger partial charge in [-0.3, -0.25) is 0 Å². The highest BCUT2D eigenvalue weighted by atomic mass is 35.5. The van der Waals surface area contributed by atoms with Crippen molar-refractivity contribution >= 4 is 28.3 Å². The largest absolute Gasteiger partial charge is 0.360 e. The molecule has 0 bridgehead atoms. The molecule has 2 unspecified atom stereocenters. The van der Waals surface area contributed by atoms with Gasteiger partial charge in [0, 0.05) is 29.4 Å². The first-order chi connectivity index (χ1) is 8.33. The standard InChI is InChI=1S/C12H18ClN3S/c13-10-4-2-1-3-9(10)7-14-12-15-11(16-17-12)8-5-6-8/h8-10H,1-7H2,(H,14,15,16). The van der Waals surface area contributed by atoms with E-state index in [9.17, 15) is 0 Å². The molecule has 2 saturated carbocycles. The van der Waals surface area contributed by atoms with Gasteiger partial charge in [-0.15, -0.1) is 11.6 Å². The van der Waals surface area contributed by atoms with E-state index in [0.29, 0.717) is 17.2 Å². The maximum absolute atomic E-state index is 6.34. The molecule has 0 radical (unpaired) electrons. The van der Waals surface area contributed by atoms with Crippen molar-refractivity contribution in [3.8, 4) is 0 Å². The number of hydrogen-bond acceptors (Lipinski definition) is 4. The summed E-state index contributed by atoms with van der Waals surface area (Å²) < 4.78 is 4.40. The fraction of sp³-hybridized carbons (Fsp3) is 0.833. The van der Waals surface area contributed by atoms with Crippen molar-refractivity contribution in [3.63, 3.8) is 0 Å². The molecule has 2 aliphatic carbocycles. The van der Waals surface area contributed by atoms with Crippen LogP contribution in [0.5, 0.6) is 0 Å². The number of anilines is 1. The van der Waals surface area contributed by atoms with Gasteiger partial charge in [0.25, 0.3) is 0 Å². The van der Waals surface area contributed by atoms with Gasteiger partial charge in [-0.2, -0.15) is 4.37 Å².